The van der Waals surface area contributed by atoms with E-state index in [2.05, 4.69) is 38.4 Å². The van der Waals surface area contributed by atoms with Gasteiger partial charge < -0.3 is 35.3 Å². The summed E-state index contributed by atoms with van der Waals surface area (Å²) < 4.78 is 5.64. The average molecular weight is 617 g/mol. The maximum absolute atomic E-state index is 13.8. The number of benzene rings is 1. The van der Waals surface area contributed by atoms with Crippen molar-refractivity contribution in [3.8, 4) is 11.1 Å². The quantitative estimate of drug-likeness (QED) is 0.275. The van der Waals surface area contributed by atoms with Crippen LogP contribution in [0, 0.1) is 20.8 Å². The van der Waals surface area contributed by atoms with Gasteiger partial charge in [0.05, 0.1) is 0 Å². The van der Waals surface area contributed by atoms with Gasteiger partial charge in [-0.15, -0.1) is 0 Å². The number of hydrogen-bond acceptors (Lipinski definition) is 7. The monoisotopic (exact) mass is 616 g/mol. The number of anilines is 2. The van der Waals surface area contributed by atoms with E-state index in [-0.39, 0.29) is 24.1 Å². The van der Waals surface area contributed by atoms with Crippen molar-refractivity contribution in [3.63, 3.8) is 0 Å². The van der Waals surface area contributed by atoms with E-state index in [9.17, 15) is 14.4 Å². The van der Waals surface area contributed by atoms with E-state index in [1.54, 1.807) is 0 Å². The fourth-order valence-electron chi connectivity index (χ4n) is 6.56. The lowest BCUT2D eigenvalue weighted by molar-refractivity contribution is 0.0846. The van der Waals surface area contributed by atoms with Gasteiger partial charge in [-0.25, -0.2) is 9.78 Å². The number of piperidine rings is 1. The number of aromatic nitrogens is 2. The molecule has 0 radical (unpaired) electrons. The third-order valence-electron chi connectivity index (χ3n) is 9.05. The normalized spacial score (nSPS) is 16.0. The molecular formula is C34H44N6O5. The molecule has 4 heterocycles. The highest BCUT2D eigenvalue weighted by atomic mass is 16.5. The molecule has 2 amide bonds. The molecule has 0 unspecified atom stereocenters. The van der Waals surface area contributed by atoms with Gasteiger partial charge in [0, 0.05) is 85.7 Å². The first-order chi connectivity index (χ1) is 21.6. The molecule has 2 aliphatic heterocycles. The number of aryl methyl sites for hydroxylation is 2. The number of rotatable bonds is 9. The lowest BCUT2D eigenvalue weighted by atomic mass is 9.95. The molecule has 0 saturated carbocycles. The number of carbonyl (C=O) groups excluding carboxylic acids is 1. The molecule has 11 nitrogen and oxygen atoms in total. The second-order valence-corrected chi connectivity index (χ2v) is 12.0. The summed E-state index contributed by atoms with van der Waals surface area (Å²) in [6.45, 7) is 11.6. The van der Waals surface area contributed by atoms with Gasteiger partial charge in [-0.05, 0) is 100 Å². The molecule has 0 bridgehead atoms. The van der Waals surface area contributed by atoms with E-state index in [1.165, 1.54) is 0 Å². The molecule has 240 valence electrons. The molecule has 2 saturated heterocycles. The molecule has 11 heteroatoms. The molecule has 4 N–H and O–H groups in total. The number of hydrogen-bond donors (Lipinski definition) is 4. The van der Waals surface area contributed by atoms with Crippen molar-refractivity contribution in [1.29, 1.82) is 0 Å². The molecule has 0 spiro atoms. The fourth-order valence-corrected chi connectivity index (χ4v) is 6.56. The highest BCUT2D eigenvalue weighted by Gasteiger charge is 2.26. The zero-order chi connectivity index (χ0) is 32.1. The lowest BCUT2D eigenvalue weighted by Gasteiger charge is -2.37. The van der Waals surface area contributed by atoms with Crippen molar-refractivity contribution >= 4 is 23.5 Å². The van der Waals surface area contributed by atoms with E-state index in [1.807, 2.05) is 51.2 Å². The Kier molecular flexibility index (Phi) is 10.1. The van der Waals surface area contributed by atoms with Crippen LogP contribution in [0.15, 0.2) is 41.3 Å². The van der Waals surface area contributed by atoms with E-state index in [0.717, 1.165) is 84.8 Å². The summed E-state index contributed by atoms with van der Waals surface area (Å²) in [5, 5.41) is 14.6. The van der Waals surface area contributed by atoms with Crippen LogP contribution < -0.4 is 26.0 Å². The first-order valence-corrected chi connectivity index (χ1v) is 15.8. The first kappa shape index (κ1) is 32.0. The van der Waals surface area contributed by atoms with Crippen molar-refractivity contribution in [1.82, 2.24) is 20.6 Å². The molecule has 2 aromatic heterocycles. The molecule has 1 aromatic carbocycles. The Morgan fingerprint density at radius 1 is 1.07 bits per heavy atom. The Balaban J connectivity index is 1.44. The highest BCUT2D eigenvalue weighted by molar-refractivity contribution is 5.99. The van der Waals surface area contributed by atoms with E-state index in [4.69, 9.17) is 14.8 Å². The van der Waals surface area contributed by atoms with Crippen LogP contribution >= 0.6 is 0 Å². The van der Waals surface area contributed by atoms with Crippen molar-refractivity contribution in [2.24, 2.45) is 0 Å². The second-order valence-electron chi connectivity index (χ2n) is 12.0. The number of carboxylic acid groups (broad SMARTS) is 1. The van der Waals surface area contributed by atoms with Crippen LogP contribution in [0.4, 0.5) is 16.3 Å². The number of nitrogens with zero attached hydrogens (tertiary/aromatic N) is 3. The van der Waals surface area contributed by atoms with Gasteiger partial charge in [-0.3, -0.25) is 9.59 Å². The highest BCUT2D eigenvalue weighted by Crippen LogP contribution is 2.34. The van der Waals surface area contributed by atoms with Crippen LogP contribution in [0.5, 0.6) is 0 Å². The van der Waals surface area contributed by atoms with Gasteiger partial charge in [0.15, 0.2) is 0 Å². The Morgan fingerprint density at radius 3 is 2.42 bits per heavy atom. The summed E-state index contributed by atoms with van der Waals surface area (Å²) in [6, 6.07) is 10.3. The van der Waals surface area contributed by atoms with Gasteiger partial charge in [0.25, 0.3) is 11.5 Å². The number of carbonyl (C=O) groups is 2. The molecule has 3 aromatic rings. The van der Waals surface area contributed by atoms with Gasteiger partial charge in [0.1, 0.15) is 5.82 Å². The maximum atomic E-state index is 13.8. The minimum Gasteiger partial charge on any atom is -0.465 e. The molecular weight excluding hydrogens is 572 g/mol. The SMILES string of the molecule is CCN(c1cc(-c2ccc(N3CCC(NC(=O)O)CC3)nc2)cc(C(=O)NCc2c(C)cc(C)[nH]c2=O)c1C)C1CCOCC1. The zero-order valence-electron chi connectivity index (χ0n) is 26.6. The van der Waals surface area contributed by atoms with Crippen molar-refractivity contribution in [3.05, 3.63) is 74.8 Å². The Bertz CT molecular complexity index is 1570. The maximum Gasteiger partial charge on any atom is 0.404 e. The summed E-state index contributed by atoms with van der Waals surface area (Å²) in [7, 11) is 0. The van der Waals surface area contributed by atoms with Crippen LogP contribution in [-0.4, -0.2) is 72.0 Å². The van der Waals surface area contributed by atoms with Gasteiger partial charge in [0.2, 0.25) is 0 Å². The van der Waals surface area contributed by atoms with E-state index < -0.39 is 6.09 Å². The third-order valence-corrected chi connectivity index (χ3v) is 9.05. The first-order valence-electron chi connectivity index (χ1n) is 15.8. The van der Waals surface area contributed by atoms with Crippen LogP contribution in [0.1, 0.15) is 65.3 Å². The smallest absolute Gasteiger partial charge is 0.404 e. The average Bonchev–Trinajstić information content (AvgIpc) is 3.02. The van der Waals surface area contributed by atoms with Crippen LogP contribution in [-0.2, 0) is 11.3 Å². The van der Waals surface area contributed by atoms with Crippen molar-refractivity contribution in [2.75, 3.05) is 42.6 Å². The molecule has 2 aliphatic rings. The van der Waals surface area contributed by atoms with Gasteiger partial charge in [-0.2, -0.15) is 0 Å². The zero-order valence-corrected chi connectivity index (χ0v) is 26.6. The van der Waals surface area contributed by atoms with Crippen molar-refractivity contribution < 1.29 is 19.4 Å². The number of pyridine rings is 2. The minimum atomic E-state index is -0.987. The van der Waals surface area contributed by atoms with Gasteiger partial charge in [-0.1, -0.05) is 0 Å². The van der Waals surface area contributed by atoms with Crippen LogP contribution in [0.2, 0.25) is 0 Å². The van der Waals surface area contributed by atoms with Gasteiger partial charge >= 0.3 is 6.09 Å². The lowest BCUT2D eigenvalue weighted by Crippen LogP contribution is -2.44. The number of nitrogens with one attached hydrogen (secondary N) is 3. The molecule has 5 rings (SSSR count). The standard InChI is InChI=1S/C34H44N6O5/c1-5-40(27-10-14-45-15-11-27)30-18-25(24-6-7-31(35-19-24)39-12-8-26(9-13-39)38-34(43)44)17-28(23(30)4)32(41)36-20-29-21(2)16-22(3)37-33(29)42/h6-7,16-19,26-27,38H,5,8-15,20H2,1-4H3,(H,36,41)(H,37,42)(H,43,44). The summed E-state index contributed by atoms with van der Waals surface area (Å²) >= 11 is 0. The van der Waals surface area contributed by atoms with Crippen LogP contribution in [0.3, 0.4) is 0 Å². The predicted molar refractivity (Wildman–Crippen MR) is 175 cm³/mol. The van der Waals surface area contributed by atoms with E-state index >= 15 is 0 Å². The van der Waals surface area contributed by atoms with E-state index in [0.29, 0.717) is 30.4 Å². The summed E-state index contributed by atoms with van der Waals surface area (Å²) in [6.07, 6.45) is 4.14. The Labute approximate surface area is 264 Å². The predicted octanol–water partition coefficient (Wildman–Crippen LogP) is 4.53. The topological polar surface area (TPSA) is 140 Å². The second kappa shape index (κ2) is 14.2. The molecule has 0 aliphatic carbocycles. The number of amides is 2. The largest absolute Gasteiger partial charge is 0.465 e. The van der Waals surface area contributed by atoms with Crippen LogP contribution in [0.25, 0.3) is 11.1 Å². The summed E-state index contributed by atoms with van der Waals surface area (Å²) in [5.41, 5.74) is 6.22. The minimum absolute atomic E-state index is 0.0425. The molecule has 0 atom stereocenters. The third kappa shape index (κ3) is 7.47. The van der Waals surface area contributed by atoms with Crippen molar-refractivity contribution in [2.45, 2.75) is 72.0 Å². The summed E-state index contributed by atoms with van der Waals surface area (Å²) in [5.74, 6) is 0.606. The number of aromatic amines is 1. The fraction of sp³-hybridized carbons (Fsp3) is 0.471. The Hall–Kier alpha value is -4.38. The summed E-state index contributed by atoms with van der Waals surface area (Å²) in [4.78, 5) is 49.5. The Morgan fingerprint density at radius 2 is 1.80 bits per heavy atom. The molecule has 2 fully saturated rings. The number of ether oxygens (including phenoxy) is 1. The number of H-pyrrole nitrogens is 1. The molecule has 45 heavy (non-hydrogen) atoms.